The fraction of sp³-hybridized carbons (Fsp3) is 0.962. The van der Waals surface area contributed by atoms with Crippen LogP contribution >= 0.6 is 7.82 Å². The molecule has 0 aliphatic carbocycles. The third-order valence-electron chi connectivity index (χ3n) is 12.2. The topological polar surface area (TPSA) is 108 Å². The van der Waals surface area contributed by atoms with Gasteiger partial charge in [-0.3, -0.25) is 18.6 Å². The lowest BCUT2D eigenvalue weighted by Gasteiger charge is -2.19. The third kappa shape index (κ3) is 48.3. The molecule has 0 amide bonds. The lowest BCUT2D eigenvalue weighted by atomic mass is 10.0. The Balaban J connectivity index is 3.89. The van der Waals surface area contributed by atoms with Gasteiger partial charge < -0.3 is 14.4 Å². The van der Waals surface area contributed by atoms with Gasteiger partial charge in [0.1, 0.15) is 6.61 Å². The van der Waals surface area contributed by atoms with Gasteiger partial charge >= 0.3 is 19.8 Å². The van der Waals surface area contributed by atoms with Crippen molar-refractivity contribution in [2.24, 2.45) is 0 Å². The summed E-state index contributed by atoms with van der Waals surface area (Å²) in [6.07, 6.45) is 53.2. The summed E-state index contributed by atoms with van der Waals surface area (Å²) in [5.41, 5.74) is 0. The maximum Gasteiger partial charge on any atom is 0.472 e. The van der Waals surface area contributed by atoms with E-state index in [1.165, 1.54) is 225 Å². The Bertz CT molecular complexity index is 962. The lowest BCUT2D eigenvalue weighted by Crippen LogP contribution is -2.29. The maximum atomic E-state index is 12.6. The number of hydrogen-bond donors (Lipinski definition) is 1. The zero-order valence-electron chi connectivity index (χ0n) is 40.9. The van der Waals surface area contributed by atoms with Crippen molar-refractivity contribution in [3.63, 3.8) is 0 Å². The lowest BCUT2D eigenvalue weighted by molar-refractivity contribution is -0.161. The van der Waals surface area contributed by atoms with E-state index in [4.69, 9.17) is 18.5 Å². The third-order valence-corrected chi connectivity index (χ3v) is 13.2. The van der Waals surface area contributed by atoms with Crippen molar-refractivity contribution in [3.8, 4) is 0 Å². The van der Waals surface area contributed by atoms with Crippen LogP contribution in [0.1, 0.15) is 297 Å². The van der Waals surface area contributed by atoms with Crippen LogP contribution in [0.25, 0.3) is 0 Å². The van der Waals surface area contributed by atoms with Gasteiger partial charge in [-0.15, -0.1) is 0 Å². The number of esters is 2. The Kier molecular flexibility index (Phi) is 47.7. The van der Waals surface area contributed by atoms with E-state index in [1.54, 1.807) is 6.92 Å². The SMILES string of the molecule is CCCCCCCCCCCCCCCCCCCCCCCCCC(=O)OC(COC(=O)CCCCCCCCCCCCCCCCCCCC)COP(=O)(O)OCC. The van der Waals surface area contributed by atoms with Gasteiger partial charge in [0.15, 0.2) is 6.10 Å². The van der Waals surface area contributed by atoms with Crippen LogP contribution in [0.3, 0.4) is 0 Å². The highest BCUT2D eigenvalue weighted by molar-refractivity contribution is 7.47. The van der Waals surface area contributed by atoms with Gasteiger partial charge in [0.25, 0.3) is 0 Å². The Labute approximate surface area is 378 Å². The van der Waals surface area contributed by atoms with Crippen molar-refractivity contribution < 1.29 is 37.6 Å². The summed E-state index contributed by atoms with van der Waals surface area (Å²) in [6.45, 7) is 5.56. The number of hydrogen-bond acceptors (Lipinski definition) is 7. The van der Waals surface area contributed by atoms with Crippen LogP contribution in [-0.4, -0.2) is 42.8 Å². The van der Waals surface area contributed by atoms with Crippen LogP contribution in [0, 0.1) is 0 Å². The van der Waals surface area contributed by atoms with Gasteiger partial charge in [-0.2, -0.15) is 0 Å². The molecule has 2 unspecified atom stereocenters. The molecule has 0 aliphatic heterocycles. The van der Waals surface area contributed by atoms with E-state index in [2.05, 4.69) is 13.8 Å². The summed E-state index contributed by atoms with van der Waals surface area (Å²) in [7, 11) is -4.28. The fourth-order valence-corrected chi connectivity index (χ4v) is 8.98. The van der Waals surface area contributed by atoms with E-state index in [9.17, 15) is 19.0 Å². The molecule has 364 valence electrons. The molecule has 2 atom stereocenters. The van der Waals surface area contributed by atoms with Crippen molar-refractivity contribution in [3.05, 3.63) is 0 Å². The summed E-state index contributed by atoms with van der Waals surface area (Å²) < 4.78 is 32.8. The first-order valence-electron chi connectivity index (χ1n) is 26.8. The molecule has 0 saturated heterocycles. The van der Waals surface area contributed by atoms with E-state index in [1.807, 2.05) is 0 Å². The molecule has 8 nitrogen and oxygen atoms in total. The van der Waals surface area contributed by atoms with Crippen molar-refractivity contribution in [1.29, 1.82) is 0 Å². The van der Waals surface area contributed by atoms with Crippen molar-refractivity contribution in [1.82, 2.24) is 0 Å². The Morgan fingerprint density at radius 2 is 0.639 bits per heavy atom. The second kappa shape index (κ2) is 48.5. The molecular formula is C52H103O8P. The van der Waals surface area contributed by atoms with Gasteiger partial charge in [-0.25, -0.2) is 4.57 Å². The monoisotopic (exact) mass is 887 g/mol. The van der Waals surface area contributed by atoms with E-state index in [-0.39, 0.29) is 32.2 Å². The molecule has 0 fully saturated rings. The molecule has 0 radical (unpaired) electrons. The molecule has 0 aromatic rings. The molecule has 0 rings (SSSR count). The molecule has 0 spiro atoms. The number of phosphoric acid groups is 1. The van der Waals surface area contributed by atoms with Crippen molar-refractivity contribution >= 4 is 19.8 Å². The van der Waals surface area contributed by atoms with Gasteiger partial charge in [-0.05, 0) is 19.8 Å². The molecule has 61 heavy (non-hydrogen) atoms. The predicted molar refractivity (Wildman–Crippen MR) is 258 cm³/mol. The molecule has 0 bridgehead atoms. The summed E-state index contributed by atoms with van der Waals surface area (Å²) in [4.78, 5) is 35.0. The number of ether oxygens (including phenoxy) is 2. The van der Waals surface area contributed by atoms with Gasteiger partial charge in [0.2, 0.25) is 0 Å². The normalized spacial score (nSPS) is 13.0. The molecule has 0 heterocycles. The van der Waals surface area contributed by atoms with Crippen LogP contribution in [0.4, 0.5) is 0 Å². The van der Waals surface area contributed by atoms with Crippen LogP contribution in [0.5, 0.6) is 0 Å². The fourth-order valence-electron chi connectivity index (χ4n) is 8.22. The van der Waals surface area contributed by atoms with Crippen molar-refractivity contribution in [2.75, 3.05) is 19.8 Å². The molecular weight excluding hydrogens is 784 g/mol. The molecule has 0 aliphatic rings. The van der Waals surface area contributed by atoms with Crippen LogP contribution in [0.15, 0.2) is 0 Å². The average molecular weight is 887 g/mol. The van der Waals surface area contributed by atoms with E-state index >= 15 is 0 Å². The minimum atomic E-state index is -4.28. The summed E-state index contributed by atoms with van der Waals surface area (Å²) >= 11 is 0. The van der Waals surface area contributed by atoms with Crippen molar-refractivity contribution in [2.45, 2.75) is 303 Å². The second-order valence-electron chi connectivity index (χ2n) is 18.3. The number of rotatable bonds is 51. The van der Waals surface area contributed by atoms with Crippen LogP contribution in [0.2, 0.25) is 0 Å². The predicted octanol–water partition coefficient (Wildman–Crippen LogP) is 17.4. The van der Waals surface area contributed by atoms with Crippen LogP contribution in [-0.2, 0) is 32.7 Å². The number of unbranched alkanes of at least 4 members (excludes halogenated alkanes) is 39. The van der Waals surface area contributed by atoms with E-state index in [0.29, 0.717) is 6.42 Å². The highest BCUT2D eigenvalue weighted by Crippen LogP contribution is 2.43. The highest BCUT2D eigenvalue weighted by atomic mass is 31.2. The first-order chi connectivity index (χ1) is 29.8. The summed E-state index contributed by atoms with van der Waals surface area (Å²) in [6, 6.07) is 0. The van der Waals surface area contributed by atoms with Gasteiger partial charge in [-0.1, -0.05) is 264 Å². The summed E-state index contributed by atoms with van der Waals surface area (Å²) in [5, 5.41) is 0. The second-order valence-corrected chi connectivity index (χ2v) is 19.7. The molecule has 9 heteroatoms. The first-order valence-corrected chi connectivity index (χ1v) is 28.3. The molecule has 0 aromatic carbocycles. The first kappa shape index (κ1) is 60.1. The van der Waals surface area contributed by atoms with E-state index in [0.717, 1.165) is 38.5 Å². The van der Waals surface area contributed by atoms with Gasteiger partial charge in [0.05, 0.1) is 13.2 Å². The van der Waals surface area contributed by atoms with E-state index < -0.39 is 19.9 Å². The van der Waals surface area contributed by atoms with Gasteiger partial charge in [0, 0.05) is 12.8 Å². The highest BCUT2D eigenvalue weighted by Gasteiger charge is 2.25. The van der Waals surface area contributed by atoms with Crippen LogP contribution < -0.4 is 0 Å². The maximum absolute atomic E-state index is 12.6. The number of carbonyl (C=O) groups excluding carboxylic acids is 2. The Morgan fingerprint density at radius 1 is 0.377 bits per heavy atom. The Hall–Kier alpha value is -0.950. The average Bonchev–Trinajstić information content (AvgIpc) is 3.24. The number of carbonyl (C=O) groups is 2. The molecule has 1 N–H and O–H groups in total. The Morgan fingerprint density at radius 3 is 0.918 bits per heavy atom. The zero-order chi connectivity index (χ0) is 44.6. The standard InChI is InChI=1S/C52H103O8P/c1-4-7-9-11-13-15-17-19-21-23-25-26-27-28-29-31-33-35-37-39-41-43-45-47-52(54)60-50(49-59-61(55,56)58-6-3)48-57-51(53)46-44-42-40-38-36-34-32-30-24-22-20-18-16-14-12-10-8-5-2/h50H,4-49H2,1-3H3,(H,55,56). The summed E-state index contributed by atoms with van der Waals surface area (Å²) in [5.74, 6) is -0.773. The number of phosphoric ester groups is 1. The minimum absolute atomic E-state index is 0.00611. The quantitative estimate of drug-likeness (QED) is 0.0365. The zero-order valence-corrected chi connectivity index (χ0v) is 41.8. The molecule has 0 aromatic heterocycles. The smallest absolute Gasteiger partial charge is 0.462 e. The minimum Gasteiger partial charge on any atom is -0.462 e. The molecule has 0 saturated carbocycles. The largest absolute Gasteiger partial charge is 0.472 e.